The highest BCUT2D eigenvalue weighted by Gasteiger charge is 2.47. The molecule has 138 valence electrons. The number of hydrogen-bond donors (Lipinski definition) is 4. The number of nitrogens with two attached hydrogens (primary N) is 1. The predicted molar refractivity (Wildman–Crippen MR) is 92.9 cm³/mol. The number of nitrogens with one attached hydrogen (secondary N) is 1. The summed E-state index contributed by atoms with van der Waals surface area (Å²) in [5.74, 6) is -2.31. The van der Waals surface area contributed by atoms with Gasteiger partial charge in [0.05, 0.1) is 0 Å². The maximum absolute atomic E-state index is 12.1. The molecule has 7 nitrogen and oxygen atoms in total. The summed E-state index contributed by atoms with van der Waals surface area (Å²) in [5.41, 5.74) is 5.47. The molecule has 0 heterocycles. The summed E-state index contributed by atoms with van der Waals surface area (Å²) in [6.45, 7) is 4.09. The van der Waals surface area contributed by atoms with Crippen molar-refractivity contribution in [3.8, 4) is 0 Å². The van der Waals surface area contributed by atoms with Crippen LogP contribution in [-0.4, -0.2) is 51.6 Å². The van der Waals surface area contributed by atoms with Gasteiger partial charge in [-0.3, -0.25) is 14.4 Å². The fourth-order valence-electron chi connectivity index (χ4n) is 2.36. The fourth-order valence-corrected chi connectivity index (χ4v) is 3.33. The zero-order valence-corrected chi connectivity index (χ0v) is 15.1. The van der Waals surface area contributed by atoms with Crippen molar-refractivity contribution in [1.29, 1.82) is 0 Å². The van der Waals surface area contributed by atoms with E-state index < -0.39 is 23.9 Å². The first-order valence-electron chi connectivity index (χ1n) is 8.24. The summed E-state index contributed by atoms with van der Waals surface area (Å²) in [6, 6.07) is -0.761. The molecule has 0 aromatic carbocycles. The van der Waals surface area contributed by atoms with Crippen LogP contribution in [-0.2, 0) is 14.4 Å². The molecule has 1 fully saturated rings. The second-order valence-corrected chi connectivity index (χ2v) is 8.16. The molecule has 0 saturated heterocycles. The molecule has 24 heavy (non-hydrogen) atoms. The second kappa shape index (κ2) is 9.27. The summed E-state index contributed by atoms with van der Waals surface area (Å²) in [5, 5.41) is 20.7. The molecule has 1 aliphatic carbocycles. The fraction of sp³-hybridized carbons (Fsp3) is 0.812. The van der Waals surface area contributed by atoms with Crippen LogP contribution in [0, 0.1) is 11.3 Å². The van der Waals surface area contributed by atoms with Crippen LogP contribution in [0.3, 0.4) is 0 Å². The summed E-state index contributed by atoms with van der Waals surface area (Å²) in [4.78, 5) is 33.9. The molecule has 1 rings (SSSR count). The lowest BCUT2D eigenvalue weighted by atomic mass is 10.0. The highest BCUT2D eigenvalue weighted by Crippen LogP contribution is 2.44. The summed E-state index contributed by atoms with van der Waals surface area (Å²) in [6.07, 6.45) is 3.53. The highest BCUT2D eigenvalue weighted by atomic mass is 32.2. The Hall–Kier alpha value is -1.28. The SMILES string of the molecule is CC1(C)CC1NC(=O)C(CCCCCSCC(N)C(=O)O)C(=O)O. The van der Waals surface area contributed by atoms with Crippen molar-refractivity contribution in [1.82, 2.24) is 5.32 Å². The molecule has 1 amide bonds. The third-order valence-corrected chi connectivity index (χ3v) is 5.51. The Kier molecular flexibility index (Phi) is 8.02. The van der Waals surface area contributed by atoms with Crippen LogP contribution in [0.2, 0.25) is 0 Å². The molecule has 0 aromatic rings. The average molecular weight is 360 g/mol. The number of amides is 1. The summed E-state index contributed by atoms with van der Waals surface area (Å²) in [7, 11) is 0. The van der Waals surface area contributed by atoms with E-state index in [1.807, 2.05) is 13.8 Å². The van der Waals surface area contributed by atoms with Gasteiger partial charge in [-0.25, -0.2) is 0 Å². The number of carboxylic acid groups (broad SMARTS) is 2. The Bertz CT molecular complexity index is 469. The van der Waals surface area contributed by atoms with Crippen LogP contribution in [0.4, 0.5) is 0 Å². The predicted octanol–water partition coefficient (Wildman–Crippen LogP) is 1.31. The van der Waals surface area contributed by atoms with Gasteiger partial charge in [-0.15, -0.1) is 0 Å². The molecule has 0 aromatic heterocycles. The summed E-state index contributed by atoms with van der Waals surface area (Å²) < 4.78 is 0. The van der Waals surface area contributed by atoms with Crippen molar-refractivity contribution in [2.45, 2.75) is 58.0 Å². The molecule has 1 aliphatic rings. The van der Waals surface area contributed by atoms with Crippen LogP contribution < -0.4 is 11.1 Å². The van der Waals surface area contributed by atoms with Gasteiger partial charge in [-0.1, -0.05) is 26.7 Å². The topological polar surface area (TPSA) is 130 Å². The number of thioether (sulfide) groups is 1. The molecule has 0 spiro atoms. The van der Waals surface area contributed by atoms with E-state index in [4.69, 9.17) is 10.8 Å². The van der Waals surface area contributed by atoms with E-state index in [0.717, 1.165) is 25.0 Å². The van der Waals surface area contributed by atoms with Crippen LogP contribution in [0.1, 0.15) is 46.0 Å². The highest BCUT2D eigenvalue weighted by molar-refractivity contribution is 7.99. The van der Waals surface area contributed by atoms with Gasteiger partial charge >= 0.3 is 11.9 Å². The maximum Gasteiger partial charge on any atom is 0.321 e. The van der Waals surface area contributed by atoms with Crippen LogP contribution in [0.5, 0.6) is 0 Å². The molecular weight excluding hydrogens is 332 g/mol. The molecule has 0 radical (unpaired) electrons. The molecule has 0 bridgehead atoms. The number of carboxylic acids is 2. The van der Waals surface area contributed by atoms with Crippen molar-refractivity contribution in [3.05, 3.63) is 0 Å². The number of hydrogen-bond acceptors (Lipinski definition) is 5. The van der Waals surface area contributed by atoms with Gasteiger partial charge in [-0.2, -0.15) is 11.8 Å². The largest absolute Gasteiger partial charge is 0.481 e. The Morgan fingerprint density at radius 2 is 1.83 bits per heavy atom. The lowest BCUT2D eigenvalue weighted by Crippen LogP contribution is -2.38. The lowest BCUT2D eigenvalue weighted by Gasteiger charge is -2.13. The van der Waals surface area contributed by atoms with Gasteiger partial charge in [-0.05, 0) is 30.4 Å². The van der Waals surface area contributed by atoms with E-state index in [2.05, 4.69) is 5.32 Å². The molecule has 0 aliphatic heterocycles. The zero-order chi connectivity index (χ0) is 18.3. The second-order valence-electron chi connectivity index (χ2n) is 7.01. The van der Waals surface area contributed by atoms with Crippen molar-refractivity contribution >= 4 is 29.6 Å². The molecule has 3 atom stereocenters. The molecule has 1 saturated carbocycles. The van der Waals surface area contributed by atoms with E-state index in [1.54, 1.807) is 0 Å². The average Bonchev–Trinajstić information content (AvgIpc) is 3.07. The number of unbranched alkanes of at least 4 members (excludes halogenated alkanes) is 2. The third kappa shape index (κ3) is 7.09. The van der Waals surface area contributed by atoms with Crippen molar-refractivity contribution in [2.75, 3.05) is 11.5 Å². The zero-order valence-electron chi connectivity index (χ0n) is 14.3. The van der Waals surface area contributed by atoms with E-state index in [9.17, 15) is 19.5 Å². The maximum atomic E-state index is 12.1. The Morgan fingerprint density at radius 1 is 1.21 bits per heavy atom. The number of carbonyl (C=O) groups excluding carboxylic acids is 1. The first kappa shape index (κ1) is 20.8. The molecule has 5 N–H and O–H groups in total. The van der Waals surface area contributed by atoms with Gasteiger partial charge in [0.2, 0.25) is 5.91 Å². The molecule has 8 heteroatoms. The van der Waals surface area contributed by atoms with Crippen LogP contribution in [0.15, 0.2) is 0 Å². The minimum atomic E-state index is -1.08. The Balaban J connectivity index is 2.17. The van der Waals surface area contributed by atoms with Gasteiger partial charge in [0, 0.05) is 11.8 Å². The van der Waals surface area contributed by atoms with Gasteiger partial charge in [0.15, 0.2) is 0 Å². The van der Waals surface area contributed by atoms with E-state index >= 15 is 0 Å². The van der Waals surface area contributed by atoms with E-state index in [0.29, 0.717) is 18.6 Å². The smallest absolute Gasteiger partial charge is 0.321 e. The first-order valence-corrected chi connectivity index (χ1v) is 9.40. The van der Waals surface area contributed by atoms with Crippen molar-refractivity contribution in [3.63, 3.8) is 0 Å². The minimum absolute atomic E-state index is 0.0761. The Morgan fingerprint density at radius 3 is 2.33 bits per heavy atom. The normalized spacial score (nSPS) is 20.9. The van der Waals surface area contributed by atoms with E-state index in [1.165, 1.54) is 11.8 Å². The van der Waals surface area contributed by atoms with Crippen LogP contribution >= 0.6 is 11.8 Å². The number of rotatable bonds is 12. The molecular formula is C16H28N2O5S. The third-order valence-electron chi connectivity index (χ3n) is 4.34. The number of carbonyl (C=O) groups is 3. The summed E-state index contributed by atoms with van der Waals surface area (Å²) >= 11 is 1.48. The first-order chi connectivity index (χ1) is 11.1. The quantitative estimate of drug-likeness (QED) is 0.305. The molecule has 3 unspecified atom stereocenters. The van der Waals surface area contributed by atoms with Gasteiger partial charge in [0.1, 0.15) is 12.0 Å². The standard InChI is InChI=1S/C16H28N2O5S/c1-16(2)8-12(16)18-13(19)10(14(20)21)6-4-3-5-7-24-9-11(17)15(22)23/h10-12H,3-9,17H2,1-2H3,(H,18,19)(H,20,21)(H,22,23). The van der Waals surface area contributed by atoms with Crippen molar-refractivity contribution < 1.29 is 24.6 Å². The monoisotopic (exact) mass is 360 g/mol. The Labute approximate surface area is 146 Å². The van der Waals surface area contributed by atoms with Gasteiger partial charge < -0.3 is 21.3 Å². The lowest BCUT2D eigenvalue weighted by molar-refractivity contribution is -0.147. The number of aliphatic carboxylic acids is 2. The van der Waals surface area contributed by atoms with Crippen molar-refractivity contribution in [2.24, 2.45) is 17.1 Å². The van der Waals surface area contributed by atoms with Gasteiger partial charge in [0.25, 0.3) is 0 Å². The van der Waals surface area contributed by atoms with Crippen LogP contribution in [0.25, 0.3) is 0 Å². The van der Waals surface area contributed by atoms with E-state index in [-0.39, 0.29) is 17.4 Å². The minimum Gasteiger partial charge on any atom is -0.481 e.